The third kappa shape index (κ3) is 1.11. The van der Waals surface area contributed by atoms with Crippen LogP contribution in [-0.2, 0) is 4.74 Å². The predicted octanol–water partition coefficient (Wildman–Crippen LogP) is 0.700. The number of aliphatic hydroxyl groups is 1. The summed E-state index contributed by atoms with van der Waals surface area (Å²) in [5.41, 5.74) is -2.59. The zero-order chi connectivity index (χ0) is 7.83. The molecule has 0 saturated carbocycles. The Balaban J connectivity index is 2.67. The van der Waals surface area contributed by atoms with E-state index >= 15 is 0 Å². The molecule has 1 atom stereocenters. The molecule has 60 valence electrons. The Hall–Kier alpha value is -0.290. The van der Waals surface area contributed by atoms with Crippen LogP contribution in [0.2, 0.25) is 0 Å². The van der Waals surface area contributed by atoms with Crippen molar-refractivity contribution in [2.24, 2.45) is 0 Å². The number of rotatable bonds is 0. The molecule has 0 aromatic rings. The molecule has 1 rings (SSSR count). The molecule has 0 bridgehead atoms. The van der Waals surface area contributed by atoms with Gasteiger partial charge >= 0.3 is 6.18 Å². The summed E-state index contributed by atoms with van der Waals surface area (Å²) in [6.45, 7) is -0.646. The largest absolute Gasteiger partial charge is 0.419 e. The maximum atomic E-state index is 11.8. The fourth-order valence-electron chi connectivity index (χ4n) is 0.778. The van der Waals surface area contributed by atoms with E-state index in [1.807, 2.05) is 0 Å². The van der Waals surface area contributed by atoms with Gasteiger partial charge in [-0.2, -0.15) is 13.2 Å². The summed E-state index contributed by atoms with van der Waals surface area (Å²) >= 11 is 0. The van der Waals surface area contributed by atoms with Gasteiger partial charge in [-0.15, -0.1) is 0 Å². The first kappa shape index (κ1) is 7.81. The van der Waals surface area contributed by atoms with Crippen molar-refractivity contribution in [2.45, 2.75) is 18.2 Å². The van der Waals surface area contributed by atoms with E-state index in [1.165, 1.54) is 0 Å². The second kappa shape index (κ2) is 2.10. The topological polar surface area (TPSA) is 29.5 Å². The number of ether oxygens (including phenoxy) is 1. The minimum atomic E-state index is -4.55. The highest BCUT2D eigenvalue weighted by atomic mass is 19.4. The molecule has 10 heavy (non-hydrogen) atoms. The van der Waals surface area contributed by atoms with Crippen LogP contribution in [-0.4, -0.2) is 30.1 Å². The van der Waals surface area contributed by atoms with Gasteiger partial charge in [-0.05, 0) is 0 Å². The van der Waals surface area contributed by atoms with Crippen LogP contribution < -0.4 is 0 Å². The lowest BCUT2D eigenvalue weighted by Gasteiger charge is -2.23. The predicted molar refractivity (Wildman–Crippen MR) is 26.4 cm³/mol. The van der Waals surface area contributed by atoms with Crippen molar-refractivity contribution < 1.29 is 23.0 Å². The highest BCUT2D eigenvalue weighted by Crippen LogP contribution is 2.36. The summed E-state index contributed by atoms with van der Waals surface area (Å²) in [5, 5.41) is 8.78. The maximum Gasteiger partial charge on any atom is 0.419 e. The lowest BCUT2D eigenvalue weighted by molar-refractivity contribution is -0.257. The molecule has 0 aliphatic carbocycles. The molecule has 0 aromatic heterocycles. The van der Waals surface area contributed by atoms with Gasteiger partial charge < -0.3 is 9.84 Å². The van der Waals surface area contributed by atoms with Gasteiger partial charge in [0, 0.05) is 13.0 Å². The van der Waals surface area contributed by atoms with E-state index in [9.17, 15) is 13.2 Å². The first-order chi connectivity index (χ1) is 4.46. The first-order valence-corrected chi connectivity index (χ1v) is 2.83. The zero-order valence-electron chi connectivity index (χ0n) is 5.11. The summed E-state index contributed by atoms with van der Waals surface area (Å²) in [7, 11) is 0. The highest BCUT2D eigenvalue weighted by molar-refractivity contribution is 4.89. The molecule has 0 amide bonds. The van der Waals surface area contributed by atoms with Crippen LogP contribution in [0.4, 0.5) is 13.2 Å². The van der Waals surface area contributed by atoms with Gasteiger partial charge in [0.2, 0.25) is 0 Å². The van der Waals surface area contributed by atoms with E-state index < -0.39 is 18.4 Å². The molecule has 0 radical (unpaired) electrons. The quantitative estimate of drug-likeness (QED) is 0.559. The highest BCUT2D eigenvalue weighted by Gasteiger charge is 2.55. The van der Waals surface area contributed by atoms with Gasteiger partial charge in [-0.1, -0.05) is 0 Å². The lowest BCUT2D eigenvalue weighted by Crippen LogP contribution is -2.45. The number of hydrogen-bond acceptors (Lipinski definition) is 2. The second-order valence-electron chi connectivity index (χ2n) is 2.33. The van der Waals surface area contributed by atoms with Gasteiger partial charge in [-0.25, -0.2) is 0 Å². The Morgan fingerprint density at radius 3 is 2.20 bits per heavy atom. The molecule has 2 nitrogen and oxygen atoms in total. The molecule has 1 N–H and O–H groups in total. The molecular formula is C5H7F3O2. The Labute approximate surface area is 55.6 Å². The van der Waals surface area contributed by atoms with Crippen molar-refractivity contribution in [1.82, 2.24) is 0 Å². The summed E-state index contributed by atoms with van der Waals surface area (Å²) in [5.74, 6) is 0. The first-order valence-electron chi connectivity index (χ1n) is 2.83. The third-order valence-corrected chi connectivity index (χ3v) is 1.53. The van der Waals surface area contributed by atoms with Crippen molar-refractivity contribution in [2.75, 3.05) is 13.2 Å². The lowest BCUT2D eigenvalue weighted by atomic mass is 10.0. The molecule has 0 spiro atoms. The standard InChI is InChI=1S/C5H7F3O2/c6-5(7,8)4(9)1-2-10-3-4/h9H,1-3H2/t4-/m1/s1. The fourth-order valence-corrected chi connectivity index (χ4v) is 0.778. The normalized spacial score (nSPS) is 34.8. The summed E-state index contributed by atoms with van der Waals surface area (Å²) in [6.07, 6.45) is -4.90. The Morgan fingerprint density at radius 1 is 1.40 bits per heavy atom. The molecule has 1 aliphatic rings. The van der Waals surface area contributed by atoms with E-state index in [-0.39, 0.29) is 13.0 Å². The molecule has 5 heteroatoms. The molecular weight excluding hydrogens is 149 g/mol. The molecule has 1 heterocycles. The maximum absolute atomic E-state index is 11.8. The molecule has 1 fully saturated rings. The smallest absolute Gasteiger partial charge is 0.379 e. The van der Waals surface area contributed by atoms with Crippen molar-refractivity contribution >= 4 is 0 Å². The van der Waals surface area contributed by atoms with Gasteiger partial charge in [-0.3, -0.25) is 0 Å². The van der Waals surface area contributed by atoms with Gasteiger partial charge in [0.05, 0.1) is 6.61 Å². The SMILES string of the molecule is O[C@]1(C(F)(F)F)CCOC1. The van der Waals surface area contributed by atoms with Crippen LogP contribution in [0.3, 0.4) is 0 Å². The summed E-state index contributed by atoms with van der Waals surface area (Å²) in [4.78, 5) is 0. The summed E-state index contributed by atoms with van der Waals surface area (Å²) < 4.78 is 39.9. The number of hydrogen-bond donors (Lipinski definition) is 1. The van der Waals surface area contributed by atoms with Crippen molar-refractivity contribution in [3.8, 4) is 0 Å². The summed E-state index contributed by atoms with van der Waals surface area (Å²) in [6, 6.07) is 0. The fraction of sp³-hybridized carbons (Fsp3) is 1.00. The van der Waals surface area contributed by atoms with E-state index in [1.54, 1.807) is 0 Å². The number of halogens is 3. The van der Waals surface area contributed by atoms with E-state index in [0.29, 0.717) is 0 Å². The van der Waals surface area contributed by atoms with Crippen LogP contribution in [0.25, 0.3) is 0 Å². The minimum absolute atomic E-state index is 0.0178. The molecule has 0 unspecified atom stereocenters. The Morgan fingerprint density at radius 2 is 2.00 bits per heavy atom. The average molecular weight is 156 g/mol. The van der Waals surface area contributed by atoms with Gasteiger partial charge in [0.25, 0.3) is 0 Å². The Bertz CT molecular complexity index is 125. The van der Waals surface area contributed by atoms with Crippen molar-refractivity contribution in [1.29, 1.82) is 0 Å². The van der Waals surface area contributed by atoms with Gasteiger partial charge in [0.1, 0.15) is 0 Å². The zero-order valence-corrected chi connectivity index (χ0v) is 5.11. The van der Waals surface area contributed by atoms with Gasteiger partial charge in [0.15, 0.2) is 5.60 Å². The van der Waals surface area contributed by atoms with E-state index in [0.717, 1.165) is 0 Å². The third-order valence-electron chi connectivity index (χ3n) is 1.53. The van der Waals surface area contributed by atoms with Crippen LogP contribution in [0, 0.1) is 0 Å². The Kier molecular flexibility index (Phi) is 1.64. The average Bonchev–Trinajstić information content (AvgIpc) is 2.13. The van der Waals surface area contributed by atoms with Crippen LogP contribution >= 0.6 is 0 Å². The van der Waals surface area contributed by atoms with Crippen molar-refractivity contribution in [3.63, 3.8) is 0 Å². The molecule has 1 saturated heterocycles. The van der Waals surface area contributed by atoms with Crippen LogP contribution in [0.1, 0.15) is 6.42 Å². The van der Waals surface area contributed by atoms with Crippen LogP contribution in [0.5, 0.6) is 0 Å². The van der Waals surface area contributed by atoms with Crippen LogP contribution in [0.15, 0.2) is 0 Å². The van der Waals surface area contributed by atoms with Crippen molar-refractivity contribution in [3.05, 3.63) is 0 Å². The monoisotopic (exact) mass is 156 g/mol. The molecule has 1 aliphatic heterocycles. The van der Waals surface area contributed by atoms with E-state index in [2.05, 4.69) is 4.74 Å². The second-order valence-corrected chi connectivity index (χ2v) is 2.33. The minimum Gasteiger partial charge on any atom is -0.379 e. The molecule has 0 aromatic carbocycles. The van der Waals surface area contributed by atoms with E-state index in [4.69, 9.17) is 5.11 Å². The number of alkyl halides is 3.